The predicted octanol–water partition coefficient (Wildman–Crippen LogP) is 2.89. The van der Waals surface area contributed by atoms with Crippen molar-refractivity contribution in [3.8, 4) is 0 Å². The Kier molecular flexibility index (Phi) is 2.76. The first kappa shape index (κ1) is 11.2. The van der Waals surface area contributed by atoms with Crippen molar-refractivity contribution in [2.45, 2.75) is 13.1 Å². The van der Waals surface area contributed by atoms with Gasteiger partial charge < -0.3 is 4.90 Å². The first-order valence-electron chi connectivity index (χ1n) is 5.72. The highest BCUT2D eigenvalue weighted by molar-refractivity contribution is 6.31. The number of benzene rings is 1. The SMILES string of the molecule is O=C1c2cccnc2CN1Cc1ccccc1Cl. The summed E-state index contributed by atoms with van der Waals surface area (Å²) in [5.74, 6) is 0.0259. The van der Waals surface area contributed by atoms with E-state index in [1.807, 2.05) is 30.3 Å². The van der Waals surface area contributed by atoms with Gasteiger partial charge in [-0.3, -0.25) is 9.78 Å². The summed E-state index contributed by atoms with van der Waals surface area (Å²) in [7, 11) is 0. The summed E-state index contributed by atoms with van der Waals surface area (Å²) in [5.41, 5.74) is 2.50. The number of pyridine rings is 1. The minimum atomic E-state index is 0.0259. The maximum Gasteiger partial charge on any atom is 0.256 e. The maximum absolute atomic E-state index is 12.2. The second kappa shape index (κ2) is 4.42. The fraction of sp³-hybridized carbons (Fsp3) is 0.143. The van der Waals surface area contributed by atoms with Gasteiger partial charge >= 0.3 is 0 Å². The number of carbonyl (C=O) groups is 1. The molecule has 0 fully saturated rings. The Bertz CT molecular complexity index is 612. The molecule has 0 N–H and O–H groups in total. The molecule has 2 aromatic rings. The van der Waals surface area contributed by atoms with Gasteiger partial charge in [0.25, 0.3) is 5.91 Å². The largest absolute Gasteiger partial charge is 0.328 e. The van der Waals surface area contributed by atoms with Crippen LogP contribution in [0.1, 0.15) is 21.6 Å². The van der Waals surface area contributed by atoms with Crippen LogP contribution in [0.2, 0.25) is 5.02 Å². The van der Waals surface area contributed by atoms with E-state index in [4.69, 9.17) is 11.6 Å². The fourth-order valence-electron chi connectivity index (χ4n) is 2.14. The average Bonchev–Trinajstić information content (AvgIpc) is 2.70. The molecular weight excluding hydrogens is 248 g/mol. The second-order valence-electron chi connectivity index (χ2n) is 4.25. The zero-order valence-corrected chi connectivity index (χ0v) is 10.4. The van der Waals surface area contributed by atoms with Crippen LogP contribution >= 0.6 is 11.6 Å². The fourth-order valence-corrected chi connectivity index (χ4v) is 2.34. The van der Waals surface area contributed by atoms with Gasteiger partial charge in [0.2, 0.25) is 0 Å². The zero-order valence-electron chi connectivity index (χ0n) is 9.64. The molecule has 0 unspecified atom stereocenters. The molecule has 0 aliphatic carbocycles. The zero-order chi connectivity index (χ0) is 12.5. The molecule has 3 nitrogen and oxygen atoms in total. The monoisotopic (exact) mass is 258 g/mol. The van der Waals surface area contributed by atoms with Crippen molar-refractivity contribution in [1.29, 1.82) is 0 Å². The number of carbonyl (C=O) groups excluding carboxylic acids is 1. The van der Waals surface area contributed by atoms with Crippen molar-refractivity contribution in [3.05, 3.63) is 64.4 Å². The predicted molar refractivity (Wildman–Crippen MR) is 69.3 cm³/mol. The van der Waals surface area contributed by atoms with Crippen molar-refractivity contribution in [1.82, 2.24) is 9.88 Å². The van der Waals surface area contributed by atoms with Gasteiger partial charge in [0, 0.05) is 17.8 Å². The number of hydrogen-bond donors (Lipinski definition) is 0. The van der Waals surface area contributed by atoms with E-state index in [0.29, 0.717) is 23.7 Å². The molecule has 1 aliphatic heterocycles. The highest BCUT2D eigenvalue weighted by Gasteiger charge is 2.28. The van der Waals surface area contributed by atoms with Gasteiger partial charge in [-0.2, -0.15) is 0 Å². The number of halogens is 1. The average molecular weight is 259 g/mol. The Morgan fingerprint density at radius 3 is 2.83 bits per heavy atom. The standard InChI is InChI=1S/C14H11ClN2O/c15-12-6-2-1-4-10(12)8-17-9-13-11(14(17)18)5-3-7-16-13/h1-7H,8-9H2. The Hall–Kier alpha value is -1.87. The lowest BCUT2D eigenvalue weighted by Gasteiger charge is -2.16. The van der Waals surface area contributed by atoms with E-state index < -0.39 is 0 Å². The Morgan fingerprint density at radius 1 is 1.22 bits per heavy atom. The van der Waals surface area contributed by atoms with Crippen LogP contribution < -0.4 is 0 Å². The van der Waals surface area contributed by atoms with E-state index in [1.54, 1.807) is 17.2 Å². The highest BCUT2D eigenvalue weighted by atomic mass is 35.5. The summed E-state index contributed by atoms with van der Waals surface area (Å²) < 4.78 is 0. The molecule has 0 saturated heterocycles. The van der Waals surface area contributed by atoms with Crippen molar-refractivity contribution in [3.63, 3.8) is 0 Å². The number of fused-ring (bicyclic) bond motifs is 1. The topological polar surface area (TPSA) is 33.2 Å². The van der Waals surface area contributed by atoms with Crippen LogP contribution in [0.3, 0.4) is 0 Å². The Balaban J connectivity index is 1.86. The van der Waals surface area contributed by atoms with Gasteiger partial charge in [0.05, 0.1) is 17.8 Å². The van der Waals surface area contributed by atoms with Crippen LogP contribution in [0, 0.1) is 0 Å². The van der Waals surface area contributed by atoms with Crippen LogP contribution in [0.4, 0.5) is 0 Å². The molecule has 1 aliphatic rings. The van der Waals surface area contributed by atoms with Crippen LogP contribution in [0.25, 0.3) is 0 Å². The minimum Gasteiger partial charge on any atom is -0.328 e. The number of amides is 1. The van der Waals surface area contributed by atoms with Gasteiger partial charge in [-0.05, 0) is 23.8 Å². The molecule has 18 heavy (non-hydrogen) atoms. The minimum absolute atomic E-state index is 0.0259. The Morgan fingerprint density at radius 2 is 2.06 bits per heavy atom. The quantitative estimate of drug-likeness (QED) is 0.830. The molecule has 3 rings (SSSR count). The third-order valence-electron chi connectivity index (χ3n) is 3.07. The first-order valence-corrected chi connectivity index (χ1v) is 6.10. The summed E-state index contributed by atoms with van der Waals surface area (Å²) in [5, 5.41) is 0.689. The molecule has 0 bridgehead atoms. The molecule has 1 amide bonds. The van der Waals surface area contributed by atoms with Crippen LogP contribution in [0.5, 0.6) is 0 Å². The van der Waals surface area contributed by atoms with Gasteiger partial charge in [-0.15, -0.1) is 0 Å². The smallest absolute Gasteiger partial charge is 0.256 e. The van der Waals surface area contributed by atoms with E-state index in [0.717, 1.165) is 11.3 Å². The van der Waals surface area contributed by atoms with E-state index in [2.05, 4.69) is 4.98 Å². The molecule has 0 atom stereocenters. The van der Waals surface area contributed by atoms with Crippen molar-refractivity contribution in [2.24, 2.45) is 0 Å². The lowest BCUT2D eigenvalue weighted by Crippen LogP contribution is -2.23. The molecular formula is C14H11ClN2O. The van der Waals surface area contributed by atoms with E-state index in [1.165, 1.54) is 0 Å². The number of rotatable bonds is 2. The van der Waals surface area contributed by atoms with Crippen LogP contribution in [-0.2, 0) is 13.1 Å². The van der Waals surface area contributed by atoms with Crippen molar-refractivity contribution in [2.75, 3.05) is 0 Å². The molecule has 2 heterocycles. The van der Waals surface area contributed by atoms with Gasteiger partial charge in [0.15, 0.2) is 0 Å². The lowest BCUT2D eigenvalue weighted by molar-refractivity contribution is 0.0766. The molecule has 90 valence electrons. The van der Waals surface area contributed by atoms with Gasteiger partial charge in [0.1, 0.15) is 0 Å². The summed E-state index contributed by atoms with van der Waals surface area (Å²) >= 11 is 6.11. The summed E-state index contributed by atoms with van der Waals surface area (Å²) in [6.45, 7) is 1.08. The summed E-state index contributed by atoms with van der Waals surface area (Å²) in [6, 6.07) is 11.2. The van der Waals surface area contributed by atoms with Gasteiger partial charge in [-0.1, -0.05) is 29.8 Å². The van der Waals surface area contributed by atoms with E-state index >= 15 is 0 Å². The van der Waals surface area contributed by atoms with E-state index in [9.17, 15) is 4.79 Å². The summed E-state index contributed by atoms with van der Waals surface area (Å²) in [6.07, 6.45) is 1.71. The number of hydrogen-bond acceptors (Lipinski definition) is 2. The molecule has 0 saturated carbocycles. The molecule has 1 aromatic heterocycles. The van der Waals surface area contributed by atoms with Crippen molar-refractivity contribution >= 4 is 17.5 Å². The molecule has 4 heteroatoms. The van der Waals surface area contributed by atoms with Crippen LogP contribution in [0.15, 0.2) is 42.6 Å². The summed E-state index contributed by atoms with van der Waals surface area (Å²) in [4.78, 5) is 18.1. The number of aromatic nitrogens is 1. The lowest BCUT2D eigenvalue weighted by atomic mass is 10.2. The Labute approximate surface area is 110 Å². The molecule has 0 spiro atoms. The molecule has 1 aromatic carbocycles. The highest BCUT2D eigenvalue weighted by Crippen LogP contribution is 2.24. The van der Waals surface area contributed by atoms with Crippen LogP contribution in [-0.4, -0.2) is 15.8 Å². The maximum atomic E-state index is 12.2. The molecule has 0 radical (unpaired) electrons. The van der Waals surface area contributed by atoms with Crippen molar-refractivity contribution < 1.29 is 4.79 Å². The van der Waals surface area contributed by atoms with E-state index in [-0.39, 0.29) is 5.91 Å². The third-order valence-corrected chi connectivity index (χ3v) is 3.44. The van der Waals surface area contributed by atoms with Gasteiger partial charge in [-0.25, -0.2) is 0 Å². The normalized spacial score (nSPS) is 13.8. The second-order valence-corrected chi connectivity index (χ2v) is 4.66. The third kappa shape index (κ3) is 1.87. The first-order chi connectivity index (χ1) is 8.75. The number of nitrogens with zero attached hydrogens (tertiary/aromatic N) is 2.